The molecule has 0 radical (unpaired) electrons. The van der Waals surface area contributed by atoms with Gasteiger partial charge in [-0.1, -0.05) is 24.3 Å². The van der Waals surface area contributed by atoms with Crippen LogP contribution < -0.4 is 20.1 Å². The number of nitrogens with one attached hydrogen (secondary N) is 2. The number of urea groups is 1. The number of hydrogen-bond acceptors (Lipinski definition) is 3. The number of rotatable bonds is 7. The topological polar surface area (TPSA) is 59.6 Å². The molecule has 0 saturated carbocycles. The van der Waals surface area contributed by atoms with Gasteiger partial charge in [0.15, 0.2) is 11.5 Å². The van der Waals surface area contributed by atoms with E-state index in [2.05, 4.69) is 10.6 Å². The Morgan fingerprint density at radius 2 is 1.88 bits per heavy atom. The fourth-order valence-corrected chi connectivity index (χ4v) is 2.22. The van der Waals surface area contributed by atoms with E-state index in [1.165, 1.54) is 18.3 Å². The van der Waals surface area contributed by atoms with E-state index in [1.54, 1.807) is 32.4 Å². The van der Waals surface area contributed by atoms with Gasteiger partial charge in [0.05, 0.1) is 14.2 Å². The molecule has 2 amide bonds. The molecule has 5 nitrogen and oxygen atoms in total. The molecule has 0 saturated heterocycles. The molecule has 132 valence electrons. The molecule has 25 heavy (non-hydrogen) atoms. The van der Waals surface area contributed by atoms with E-state index in [9.17, 15) is 9.18 Å². The van der Waals surface area contributed by atoms with Gasteiger partial charge in [0, 0.05) is 18.3 Å². The van der Waals surface area contributed by atoms with Crippen molar-refractivity contribution in [1.29, 1.82) is 0 Å². The summed E-state index contributed by atoms with van der Waals surface area (Å²) in [5.41, 5.74) is 1.42. The van der Waals surface area contributed by atoms with Crippen LogP contribution in [0.2, 0.25) is 0 Å². The van der Waals surface area contributed by atoms with Crippen molar-refractivity contribution in [2.45, 2.75) is 6.42 Å². The Morgan fingerprint density at radius 1 is 1.12 bits per heavy atom. The molecule has 2 aromatic carbocycles. The molecule has 2 rings (SSSR count). The summed E-state index contributed by atoms with van der Waals surface area (Å²) in [4.78, 5) is 11.7. The van der Waals surface area contributed by atoms with Gasteiger partial charge in [-0.05, 0) is 36.3 Å². The fourth-order valence-electron chi connectivity index (χ4n) is 2.22. The Labute approximate surface area is 146 Å². The quantitative estimate of drug-likeness (QED) is 0.810. The molecule has 0 aromatic heterocycles. The van der Waals surface area contributed by atoms with Gasteiger partial charge in [0.25, 0.3) is 0 Å². The van der Waals surface area contributed by atoms with E-state index in [0.29, 0.717) is 30.0 Å². The van der Waals surface area contributed by atoms with Gasteiger partial charge in [-0.3, -0.25) is 0 Å². The molecule has 0 spiro atoms. The van der Waals surface area contributed by atoms with Crippen molar-refractivity contribution in [3.05, 3.63) is 65.6 Å². The number of hydrogen-bond donors (Lipinski definition) is 2. The minimum atomic E-state index is -0.354. The zero-order valence-electron chi connectivity index (χ0n) is 14.2. The summed E-state index contributed by atoms with van der Waals surface area (Å²) >= 11 is 0. The van der Waals surface area contributed by atoms with Gasteiger partial charge in [-0.15, -0.1) is 0 Å². The maximum Gasteiger partial charge on any atom is 0.318 e. The lowest BCUT2D eigenvalue weighted by molar-refractivity contribution is 0.244. The molecule has 0 atom stereocenters. The molecule has 6 heteroatoms. The Hall–Kier alpha value is -3.02. The second kappa shape index (κ2) is 9.32. The molecular formula is C19H21FN2O3. The van der Waals surface area contributed by atoms with Crippen molar-refractivity contribution >= 4 is 12.1 Å². The third kappa shape index (κ3) is 5.53. The Kier molecular flexibility index (Phi) is 6.83. The van der Waals surface area contributed by atoms with Crippen LogP contribution in [0.5, 0.6) is 11.5 Å². The first-order chi connectivity index (χ1) is 12.1. The lowest BCUT2D eigenvalue weighted by Crippen LogP contribution is -2.33. The summed E-state index contributed by atoms with van der Waals surface area (Å²) in [5, 5.41) is 5.27. The summed E-state index contributed by atoms with van der Waals surface area (Å²) in [6, 6.07) is 11.6. The summed E-state index contributed by atoms with van der Waals surface area (Å²) in [6.07, 6.45) is 3.55. The lowest BCUT2D eigenvalue weighted by Gasteiger charge is -2.10. The van der Waals surface area contributed by atoms with E-state index in [-0.39, 0.29) is 11.8 Å². The average molecular weight is 344 g/mol. The third-order valence-corrected chi connectivity index (χ3v) is 3.53. The smallest absolute Gasteiger partial charge is 0.318 e. The van der Waals surface area contributed by atoms with Crippen molar-refractivity contribution in [2.75, 3.05) is 20.8 Å². The number of carbonyl (C=O) groups is 1. The minimum Gasteiger partial charge on any atom is -0.493 e. The van der Waals surface area contributed by atoms with Crippen molar-refractivity contribution < 1.29 is 18.7 Å². The van der Waals surface area contributed by atoms with Crippen LogP contribution in [0.4, 0.5) is 9.18 Å². The van der Waals surface area contributed by atoms with Gasteiger partial charge in [0.1, 0.15) is 5.82 Å². The van der Waals surface area contributed by atoms with Crippen LogP contribution in [0.3, 0.4) is 0 Å². The van der Waals surface area contributed by atoms with Gasteiger partial charge in [-0.25, -0.2) is 9.18 Å². The first kappa shape index (κ1) is 18.3. The molecular weight excluding hydrogens is 323 g/mol. The minimum absolute atomic E-state index is 0.339. The molecule has 0 unspecified atom stereocenters. The van der Waals surface area contributed by atoms with E-state index in [1.807, 2.05) is 18.2 Å². The number of methoxy groups -OCH3 is 2. The summed E-state index contributed by atoms with van der Waals surface area (Å²) in [7, 11) is 3.16. The molecule has 2 aromatic rings. The standard InChI is InChI=1S/C19H21FN2O3/c1-24-17-8-7-14(13-18(17)25-2)9-11-21-19(23)22-12-10-15-5-3-4-6-16(15)20/h3-8,10,12-13H,9,11H2,1-2H3,(H2,21,22,23)/b12-10+. The summed E-state index contributed by atoms with van der Waals surface area (Å²) < 4.78 is 23.9. The third-order valence-electron chi connectivity index (χ3n) is 3.53. The van der Waals surface area contributed by atoms with Gasteiger partial charge in [-0.2, -0.15) is 0 Å². The Morgan fingerprint density at radius 3 is 2.60 bits per heavy atom. The van der Waals surface area contributed by atoms with Crippen molar-refractivity contribution in [1.82, 2.24) is 10.6 Å². The summed E-state index contributed by atoms with van der Waals surface area (Å²) in [6.45, 7) is 0.453. The second-order valence-electron chi connectivity index (χ2n) is 5.19. The van der Waals surface area contributed by atoms with Crippen LogP contribution in [-0.4, -0.2) is 26.8 Å². The number of carbonyl (C=O) groups excluding carboxylic acids is 1. The zero-order valence-corrected chi connectivity index (χ0v) is 14.2. The van der Waals surface area contributed by atoms with Crippen molar-refractivity contribution in [3.8, 4) is 11.5 Å². The highest BCUT2D eigenvalue weighted by Gasteiger charge is 2.05. The molecule has 0 aliphatic heterocycles. The second-order valence-corrected chi connectivity index (χ2v) is 5.19. The van der Waals surface area contributed by atoms with Crippen LogP contribution in [0.25, 0.3) is 6.08 Å². The molecule has 0 heterocycles. The van der Waals surface area contributed by atoms with Gasteiger partial charge >= 0.3 is 6.03 Å². The van der Waals surface area contributed by atoms with Crippen LogP contribution in [0.15, 0.2) is 48.7 Å². The first-order valence-corrected chi connectivity index (χ1v) is 7.80. The normalized spacial score (nSPS) is 10.5. The molecule has 2 N–H and O–H groups in total. The lowest BCUT2D eigenvalue weighted by atomic mass is 10.1. The Bertz CT molecular complexity index is 747. The largest absolute Gasteiger partial charge is 0.493 e. The predicted molar refractivity (Wildman–Crippen MR) is 95.2 cm³/mol. The molecule has 0 bridgehead atoms. The van der Waals surface area contributed by atoms with Crippen molar-refractivity contribution in [2.24, 2.45) is 0 Å². The van der Waals surface area contributed by atoms with E-state index < -0.39 is 0 Å². The molecule has 0 aliphatic carbocycles. The fraction of sp³-hybridized carbons (Fsp3) is 0.211. The SMILES string of the molecule is COc1ccc(CCNC(=O)N/C=C/c2ccccc2F)cc1OC. The maximum atomic E-state index is 13.4. The highest BCUT2D eigenvalue weighted by molar-refractivity contribution is 5.75. The maximum absolute atomic E-state index is 13.4. The van der Waals surface area contributed by atoms with Crippen LogP contribution in [0, 0.1) is 5.82 Å². The zero-order chi connectivity index (χ0) is 18.1. The molecule has 0 fully saturated rings. The van der Waals surface area contributed by atoms with Gasteiger partial charge in [0.2, 0.25) is 0 Å². The Balaban J connectivity index is 1.78. The first-order valence-electron chi connectivity index (χ1n) is 7.80. The van der Waals surface area contributed by atoms with Gasteiger partial charge < -0.3 is 20.1 Å². The van der Waals surface area contributed by atoms with Crippen LogP contribution in [-0.2, 0) is 6.42 Å². The van der Waals surface area contributed by atoms with E-state index in [4.69, 9.17) is 9.47 Å². The van der Waals surface area contributed by atoms with E-state index >= 15 is 0 Å². The van der Waals surface area contributed by atoms with Crippen LogP contribution in [0.1, 0.15) is 11.1 Å². The highest BCUT2D eigenvalue weighted by atomic mass is 19.1. The number of ether oxygens (including phenoxy) is 2. The summed E-state index contributed by atoms with van der Waals surface area (Å²) in [5.74, 6) is 0.974. The number of benzene rings is 2. The van der Waals surface area contributed by atoms with Crippen molar-refractivity contribution in [3.63, 3.8) is 0 Å². The number of amides is 2. The molecule has 0 aliphatic rings. The number of halogens is 1. The predicted octanol–water partition coefficient (Wildman–Crippen LogP) is 3.36. The average Bonchev–Trinajstić information content (AvgIpc) is 2.63. The van der Waals surface area contributed by atoms with Crippen LogP contribution >= 0.6 is 0 Å². The highest BCUT2D eigenvalue weighted by Crippen LogP contribution is 2.27. The van der Waals surface area contributed by atoms with E-state index in [0.717, 1.165) is 5.56 Å². The monoisotopic (exact) mass is 344 g/mol.